The number of halogens is 3. The van der Waals surface area contributed by atoms with Crippen LogP contribution < -0.4 is 0 Å². The van der Waals surface area contributed by atoms with Crippen LogP contribution in [0.25, 0.3) is 0 Å². The van der Waals surface area contributed by atoms with Gasteiger partial charge in [-0.2, -0.15) is 23.2 Å². The third-order valence-corrected chi connectivity index (χ3v) is 6.06. The van der Waals surface area contributed by atoms with Gasteiger partial charge >= 0.3 is 19.2 Å². The molecular weight excluding hydrogens is 410 g/mol. The van der Waals surface area contributed by atoms with E-state index < -0.39 is 25.2 Å². The summed E-state index contributed by atoms with van der Waals surface area (Å²) in [5.41, 5.74) is 0.271. The smallest absolute Gasteiger partial charge is 0.406 e. The molecule has 0 spiro atoms. The summed E-state index contributed by atoms with van der Waals surface area (Å²) in [7, 11) is -2.01. The minimum absolute atomic E-state index is 0.206. The Bertz CT molecular complexity index is 787. The van der Waals surface area contributed by atoms with Gasteiger partial charge in [0.1, 0.15) is 0 Å². The summed E-state index contributed by atoms with van der Waals surface area (Å²) < 4.78 is 72.8. The molecular formula is C18H25F3N3O4P. The first kappa shape index (κ1) is 23.4. The number of hydrogen-bond acceptors (Lipinski definition) is 7. The van der Waals surface area contributed by atoms with Gasteiger partial charge in [-0.05, 0) is 25.0 Å². The van der Waals surface area contributed by atoms with E-state index in [0.717, 1.165) is 0 Å². The lowest BCUT2D eigenvalue weighted by molar-refractivity contribution is -0.165. The van der Waals surface area contributed by atoms with Crippen LogP contribution in [0.4, 0.5) is 13.2 Å². The summed E-state index contributed by atoms with van der Waals surface area (Å²) in [6.07, 6.45) is -4.50. The molecule has 0 aromatic heterocycles. The molecule has 0 saturated carbocycles. The lowest BCUT2D eigenvalue weighted by Gasteiger charge is -2.37. The van der Waals surface area contributed by atoms with Crippen molar-refractivity contribution in [1.29, 1.82) is 0 Å². The molecule has 1 aliphatic rings. The van der Waals surface area contributed by atoms with Crippen LogP contribution in [-0.2, 0) is 18.3 Å². The third kappa shape index (κ3) is 4.82. The molecule has 2 rings (SSSR count). The zero-order chi connectivity index (χ0) is 21.7. The van der Waals surface area contributed by atoms with Crippen molar-refractivity contribution in [3.63, 3.8) is 0 Å². The summed E-state index contributed by atoms with van der Waals surface area (Å²) in [5, 5.41) is -3.48. The summed E-state index contributed by atoms with van der Waals surface area (Å²) in [5.74, 6) is -0.373. The maximum absolute atomic E-state index is 14.5. The number of ether oxygens (including phenoxy) is 1. The Morgan fingerprint density at radius 3 is 2.07 bits per heavy atom. The van der Waals surface area contributed by atoms with Crippen LogP contribution in [0.5, 0.6) is 0 Å². The lowest BCUT2D eigenvalue weighted by atomic mass is 10.2. The first-order chi connectivity index (χ1) is 13.6. The van der Waals surface area contributed by atoms with Crippen LogP contribution in [-0.4, -0.2) is 55.7 Å². The molecule has 0 radical (unpaired) electrons. The summed E-state index contributed by atoms with van der Waals surface area (Å²) in [6.45, 7) is 2.95. The molecule has 1 aromatic carbocycles. The number of benzene rings is 1. The van der Waals surface area contributed by atoms with Gasteiger partial charge in [0.25, 0.3) is 6.02 Å². The van der Waals surface area contributed by atoms with Crippen LogP contribution in [0, 0.1) is 0 Å². The van der Waals surface area contributed by atoms with Gasteiger partial charge in [0, 0.05) is 19.7 Å². The molecule has 1 atom stereocenters. The highest BCUT2D eigenvalue weighted by Crippen LogP contribution is 2.68. The predicted octanol–water partition coefficient (Wildman–Crippen LogP) is 4.64. The molecule has 0 saturated heterocycles. The Morgan fingerprint density at radius 1 is 1.07 bits per heavy atom. The van der Waals surface area contributed by atoms with Gasteiger partial charge in [-0.1, -0.05) is 32.0 Å². The SMILES string of the molecule is CCCOP(=O)(OCCC)C1(C(F)(F)F)N=C(c2ccccc2)OC(N(C)C)=N1. The number of nitrogens with zero attached hydrogens (tertiary/aromatic N) is 3. The summed E-state index contributed by atoms with van der Waals surface area (Å²) >= 11 is 0. The Morgan fingerprint density at radius 2 is 1.62 bits per heavy atom. The highest BCUT2D eigenvalue weighted by atomic mass is 31.2. The van der Waals surface area contributed by atoms with Crippen LogP contribution in [0.1, 0.15) is 32.3 Å². The molecule has 11 heteroatoms. The van der Waals surface area contributed by atoms with Gasteiger partial charge < -0.3 is 18.7 Å². The Kier molecular flexibility index (Phi) is 7.48. The van der Waals surface area contributed by atoms with Crippen LogP contribution in [0.3, 0.4) is 0 Å². The van der Waals surface area contributed by atoms with E-state index in [2.05, 4.69) is 9.98 Å². The molecule has 0 amide bonds. The number of alkyl halides is 3. The molecule has 162 valence electrons. The molecule has 1 heterocycles. The molecule has 1 unspecified atom stereocenters. The highest BCUT2D eigenvalue weighted by molar-refractivity contribution is 7.55. The Balaban J connectivity index is 2.76. The van der Waals surface area contributed by atoms with Crippen molar-refractivity contribution in [3.8, 4) is 0 Å². The van der Waals surface area contributed by atoms with E-state index in [1.54, 1.807) is 32.0 Å². The number of aliphatic imine (C=N–C) groups is 2. The normalized spacial score (nSPS) is 20.0. The minimum atomic E-state index is -5.17. The van der Waals surface area contributed by atoms with Crippen molar-refractivity contribution in [3.05, 3.63) is 35.9 Å². The van der Waals surface area contributed by atoms with Gasteiger partial charge in [-0.3, -0.25) is 4.57 Å². The van der Waals surface area contributed by atoms with E-state index in [4.69, 9.17) is 13.8 Å². The van der Waals surface area contributed by atoms with Crippen LogP contribution >= 0.6 is 7.60 Å². The maximum Gasteiger partial charge on any atom is 0.447 e. The van der Waals surface area contributed by atoms with Crippen molar-refractivity contribution in [2.45, 2.75) is 38.3 Å². The molecule has 1 aliphatic heterocycles. The van der Waals surface area contributed by atoms with Gasteiger partial charge in [-0.25, -0.2) is 0 Å². The Hall–Kier alpha value is -1.90. The second-order valence-electron chi connectivity index (χ2n) is 6.47. The first-order valence-corrected chi connectivity index (χ1v) is 10.7. The second-order valence-corrected chi connectivity index (χ2v) is 8.61. The fraction of sp³-hybridized carbons (Fsp3) is 0.556. The van der Waals surface area contributed by atoms with Crippen LogP contribution in [0.2, 0.25) is 0 Å². The number of amidine groups is 1. The van der Waals surface area contributed by atoms with E-state index >= 15 is 0 Å². The van der Waals surface area contributed by atoms with Crippen LogP contribution in [0.15, 0.2) is 40.3 Å². The molecule has 0 fully saturated rings. The van der Waals surface area contributed by atoms with Gasteiger partial charge in [0.15, 0.2) is 0 Å². The van der Waals surface area contributed by atoms with Gasteiger partial charge in [-0.15, -0.1) is 0 Å². The average molecular weight is 435 g/mol. The van der Waals surface area contributed by atoms with E-state index in [0.29, 0.717) is 12.8 Å². The zero-order valence-electron chi connectivity index (χ0n) is 16.8. The molecule has 29 heavy (non-hydrogen) atoms. The molecule has 0 aliphatic carbocycles. The third-order valence-electron chi connectivity index (χ3n) is 3.79. The van der Waals surface area contributed by atoms with Crippen molar-refractivity contribution in [2.75, 3.05) is 27.3 Å². The van der Waals surface area contributed by atoms with Gasteiger partial charge in [0.2, 0.25) is 5.90 Å². The molecule has 7 nitrogen and oxygen atoms in total. The monoisotopic (exact) mass is 435 g/mol. The average Bonchev–Trinajstić information content (AvgIpc) is 2.70. The van der Waals surface area contributed by atoms with E-state index in [-0.39, 0.29) is 24.7 Å². The fourth-order valence-corrected chi connectivity index (χ4v) is 4.38. The quantitative estimate of drug-likeness (QED) is 0.556. The first-order valence-electron chi connectivity index (χ1n) is 9.16. The number of rotatable bonds is 8. The molecule has 0 bridgehead atoms. The standard InChI is InChI=1S/C18H25F3N3O4P/c1-5-12-26-29(25,27-13-6-2)18(17(19,20)21)22-15(14-10-8-7-9-11-14)28-16(23-18)24(3)4/h7-11H,5-6,12-13H2,1-4H3. The van der Waals surface area contributed by atoms with Crippen molar-refractivity contribution in [1.82, 2.24) is 4.90 Å². The maximum atomic E-state index is 14.5. The van der Waals surface area contributed by atoms with Crippen molar-refractivity contribution in [2.24, 2.45) is 9.98 Å². The van der Waals surface area contributed by atoms with E-state index in [1.165, 1.54) is 31.1 Å². The predicted molar refractivity (Wildman–Crippen MR) is 104 cm³/mol. The van der Waals surface area contributed by atoms with Crippen molar-refractivity contribution >= 4 is 19.5 Å². The lowest BCUT2D eigenvalue weighted by Crippen LogP contribution is -2.49. The minimum Gasteiger partial charge on any atom is -0.406 e. The Labute approximate surface area is 168 Å². The molecule has 1 aromatic rings. The highest BCUT2D eigenvalue weighted by Gasteiger charge is 2.71. The summed E-state index contributed by atoms with van der Waals surface area (Å²) in [6, 6.07) is 7.60. The van der Waals surface area contributed by atoms with Crippen molar-refractivity contribution < 1.29 is 31.5 Å². The van der Waals surface area contributed by atoms with E-state index in [9.17, 15) is 17.7 Å². The zero-order valence-corrected chi connectivity index (χ0v) is 17.7. The topological polar surface area (TPSA) is 72.7 Å². The second kappa shape index (κ2) is 9.28. The van der Waals surface area contributed by atoms with E-state index in [1.807, 2.05) is 0 Å². The summed E-state index contributed by atoms with van der Waals surface area (Å²) in [4.78, 5) is 8.58. The number of hydrogen-bond donors (Lipinski definition) is 0. The fourth-order valence-electron chi connectivity index (χ4n) is 2.37. The largest absolute Gasteiger partial charge is 0.447 e. The molecule has 0 N–H and O–H groups in total. The van der Waals surface area contributed by atoms with Gasteiger partial charge in [0.05, 0.1) is 13.2 Å².